The van der Waals surface area contributed by atoms with Crippen LogP contribution in [0.25, 0.3) is 5.53 Å². The second-order valence-electron chi connectivity index (χ2n) is 3.76. The molecule has 0 bridgehead atoms. The standard InChI is InChI=1S/C11H8N3O5/c12-13-6-1-2-7(8(15)5-6)11(18)19-14-9(16)3-4-10(14)17/h1-2,5,15H,3-4H2/q-1. The number of phenols is 1. The minimum absolute atomic E-state index is 0.0135. The number of amides is 2. The summed E-state index contributed by atoms with van der Waals surface area (Å²) in [5.74, 6) is -2.76. The van der Waals surface area contributed by atoms with E-state index in [1.54, 1.807) is 0 Å². The highest BCUT2D eigenvalue weighted by Gasteiger charge is 2.33. The third kappa shape index (κ3) is 2.41. The average Bonchev–Trinajstić information content (AvgIpc) is 2.70. The Bertz CT molecular complexity index is 568. The number of nitrogens with zero attached hydrogens (tertiary/aromatic N) is 3. The third-order valence-corrected chi connectivity index (χ3v) is 2.50. The van der Waals surface area contributed by atoms with Crippen LogP contribution >= 0.6 is 0 Å². The summed E-state index contributed by atoms with van der Waals surface area (Å²) < 4.78 is 0. The molecule has 1 N–H and O–H groups in total. The zero-order valence-electron chi connectivity index (χ0n) is 9.57. The van der Waals surface area contributed by atoms with Crippen molar-refractivity contribution in [3.05, 3.63) is 29.3 Å². The van der Waals surface area contributed by atoms with Gasteiger partial charge in [0.25, 0.3) is 11.8 Å². The van der Waals surface area contributed by atoms with E-state index >= 15 is 0 Å². The van der Waals surface area contributed by atoms with Crippen molar-refractivity contribution in [2.75, 3.05) is 0 Å². The summed E-state index contributed by atoms with van der Waals surface area (Å²) in [7, 11) is 0. The van der Waals surface area contributed by atoms with Crippen LogP contribution in [0, 0.1) is 0 Å². The van der Waals surface area contributed by atoms with Crippen LogP contribution in [0.2, 0.25) is 0 Å². The molecule has 0 radical (unpaired) electrons. The molecule has 2 amide bonds. The van der Waals surface area contributed by atoms with Crippen LogP contribution in [0.1, 0.15) is 23.2 Å². The molecule has 19 heavy (non-hydrogen) atoms. The Morgan fingerprint density at radius 3 is 2.47 bits per heavy atom. The molecule has 8 heteroatoms. The fraction of sp³-hybridized carbons (Fsp3) is 0.182. The molecule has 1 aromatic rings. The van der Waals surface area contributed by atoms with Crippen molar-refractivity contribution in [2.24, 2.45) is 5.11 Å². The summed E-state index contributed by atoms with van der Waals surface area (Å²) in [5, 5.41) is 12.7. The first-order valence-electron chi connectivity index (χ1n) is 5.29. The van der Waals surface area contributed by atoms with Crippen molar-refractivity contribution in [1.82, 2.24) is 5.06 Å². The van der Waals surface area contributed by atoms with Gasteiger partial charge in [0, 0.05) is 24.6 Å². The first-order valence-corrected chi connectivity index (χ1v) is 5.29. The lowest BCUT2D eigenvalue weighted by molar-refractivity contribution is -0.172. The van der Waals surface area contributed by atoms with Gasteiger partial charge in [0.2, 0.25) is 0 Å². The van der Waals surface area contributed by atoms with E-state index in [0.29, 0.717) is 5.06 Å². The lowest BCUT2D eigenvalue weighted by Gasteiger charge is -2.13. The van der Waals surface area contributed by atoms with Gasteiger partial charge in [0.1, 0.15) is 11.3 Å². The average molecular weight is 262 g/mol. The molecular formula is C11H8N3O5-. The summed E-state index contributed by atoms with van der Waals surface area (Å²) in [5.41, 5.74) is 8.28. The van der Waals surface area contributed by atoms with Crippen molar-refractivity contribution in [2.45, 2.75) is 12.8 Å². The number of benzene rings is 1. The lowest BCUT2D eigenvalue weighted by Crippen LogP contribution is -2.32. The highest BCUT2D eigenvalue weighted by atomic mass is 16.7. The number of imide groups is 1. The van der Waals surface area contributed by atoms with Crippen LogP contribution in [0.5, 0.6) is 5.75 Å². The number of carbonyl (C=O) groups excluding carboxylic acids is 3. The monoisotopic (exact) mass is 262 g/mol. The van der Waals surface area contributed by atoms with Crippen molar-refractivity contribution >= 4 is 23.5 Å². The molecule has 0 aromatic heterocycles. The molecule has 1 fully saturated rings. The molecule has 1 aliphatic heterocycles. The van der Waals surface area contributed by atoms with E-state index in [2.05, 4.69) is 9.95 Å². The van der Waals surface area contributed by atoms with E-state index in [9.17, 15) is 19.5 Å². The minimum atomic E-state index is -1.05. The molecule has 1 aromatic carbocycles. The van der Waals surface area contributed by atoms with Gasteiger partial charge in [0.05, 0.1) is 0 Å². The quantitative estimate of drug-likeness (QED) is 0.649. The highest BCUT2D eigenvalue weighted by Crippen LogP contribution is 2.25. The Balaban J connectivity index is 2.18. The summed E-state index contributed by atoms with van der Waals surface area (Å²) in [6.45, 7) is 0. The van der Waals surface area contributed by atoms with Crippen molar-refractivity contribution in [1.29, 1.82) is 0 Å². The Morgan fingerprint density at radius 2 is 1.95 bits per heavy atom. The number of hydrogen-bond donors (Lipinski definition) is 1. The van der Waals surface area contributed by atoms with E-state index in [1.165, 1.54) is 6.07 Å². The molecule has 0 atom stereocenters. The largest absolute Gasteiger partial charge is 0.706 e. The number of phenolic OH excluding ortho intramolecular Hbond substituents is 1. The number of carbonyl (C=O) groups is 3. The van der Waals surface area contributed by atoms with Crippen LogP contribution in [-0.2, 0) is 14.4 Å². The van der Waals surface area contributed by atoms with E-state index in [4.69, 9.17) is 5.53 Å². The topological polar surface area (TPSA) is 119 Å². The molecule has 1 heterocycles. The Hall–Kier alpha value is -2.77. The Morgan fingerprint density at radius 1 is 1.32 bits per heavy atom. The predicted molar refractivity (Wildman–Crippen MR) is 60.1 cm³/mol. The number of aromatic hydroxyl groups is 1. The van der Waals surface area contributed by atoms with Gasteiger partial charge >= 0.3 is 5.97 Å². The van der Waals surface area contributed by atoms with Gasteiger partial charge in [-0.05, 0) is 12.1 Å². The van der Waals surface area contributed by atoms with Gasteiger partial charge in [-0.25, -0.2) is 4.79 Å². The summed E-state index contributed by atoms with van der Waals surface area (Å²) in [6.07, 6.45) is -0.0269. The maximum Gasteiger partial charge on any atom is 0.367 e. The zero-order chi connectivity index (χ0) is 14.0. The maximum absolute atomic E-state index is 11.7. The minimum Gasteiger partial charge on any atom is -0.706 e. The van der Waals surface area contributed by atoms with Crippen LogP contribution in [0.15, 0.2) is 23.3 Å². The third-order valence-electron chi connectivity index (χ3n) is 2.50. The number of hydroxylamine groups is 2. The summed E-state index contributed by atoms with van der Waals surface area (Å²) in [4.78, 5) is 38.8. The van der Waals surface area contributed by atoms with Gasteiger partial charge < -0.3 is 20.6 Å². The van der Waals surface area contributed by atoms with Gasteiger partial charge in [-0.3, -0.25) is 9.59 Å². The Kier molecular flexibility index (Phi) is 3.23. The normalized spacial score (nSPS) is 14.6. The molecule has 0 spiro atoms. The molecular weight excluding hydrogens is 254 g/mol. The van der Waals surface area contributed by atoms with Crippen LogP contribution in [0.3, 0.4) is 0 Å². The van der Waals surface area contributed by atoms with Gasteiger partial charge in [-0.2, -0.15) is 0 Å². The molecule has 0 saturated carbocycles. The van der Waals surface area contributed by atoms with E-state index in [1.807, 2.05) is 0 Å². The van der Waals surface area contributed by atoms with Gasteiger partial charge in [-0.1, -0.05) is 0 Å². The zero-order valence-corrected chi connectivity index (χ0v) is 9.57. The molecule has 1 saturated heterocycles. The number of rotatable bonds is 3. The Labute approximate surface area is 107 Å². The summed E-state index contributed by atoms with van der Waals surface area (Å²) >= 11 is 0. The molecule has 2 rings (SSSR count). The van der Waals surface area contributed by atoms with Crippen LogP contribution < -0.4 is 0 Å². The van der Waals surface area contributed by atoms with Crippen LogP contribution in [-0.4, -0.2) is 28.0 Å². The van der Waals surface area contributed by atoms with E-state index in [-0.39, 0.29) is 24.1 Å². The van der Waals surface area contributed by atoms with E-state index in [0.717, 1.165) is 12.1 Å². The van der Waals surface area contributed by atoms with Gasteiger partial charge in [-0.15, -0.1) is 5.06 Å². The second-order valence-corrected chi connectivity index (χ2v) is 3.76. The first-order chi connectivity index (χ1) is 9.02. The smallest absolute Gasteiger partial charge is 0.367 e. The molecule has 8 nitrogen and oxygen atoms in total. The molecule has 98 valence electrons. The maximum atomic E-state index is 11.7. The van der Waals surface area contributed by atoms with Crippen molar-refractivity contribution in [3.63, 3.8) is 0 Å². The first kappa shape index (κ1) is 12.7. The second kappa shape index (κ2) is 4.84. The highest BCUT2D eigenvalue weighted by molar-refractivity contribution is 6.03. The number of hydrogen-bond acceptors (Lipinski definition) is 6. The van der Waals surface area contributed by atoms with E-state index < -0.39 is 23.5 Å². The predicted octanol–water partition coefficient (Wildman–Crippen LogP) is 1.27. The molecule has 0 aliphatic carbocycles. The van der Waals surface area contributed by atoms with Crippen molar-refractivity contribution < 1.29 is 24.3 Å². The van der Waals surface area contributed by atoms with Crippen molar-refractivity contribution in [3.8, 4) is 5.75 Å². The van der Waals surface area contributed by atoms with Gasteiger partial charge in [0.15, 0.2) is 0 Å². The molecule has 0 unspecified atom stereocenters. The lowest BCUT2D eigenvalue weighted by atomic mass is 10.2. The molecule has 1 aliphatic rings. The SMILES string of the molecule is [N-]=Nc1ccc(C(=O)ON2C(=O)CCC2=O)c(O)c1. The fourth-order valence-corrected chi connectivity index (χ4v) is 1.54. The van der Waals surface area contributed by atoms with Crippen LogP contribution in [0.4, 0.5) is 5.69 Å². The fourth-order valence-electron chi connectivity index (χ4n) is 1.54. The summed E-state index contributed by atoms with van der Waals surface area (Å²) in [6, 6.07) is 3.44.